The van der Waals surface area contributed by atoms with Crippen molar-refractivity contribution < 1.29 is 20.1 Å². The molecule has 0 aliphatic heterocycles. The first-order valence-corrected chi connectivity index (χ1v) is 8.32. The zero-order chi connectivity index (χ0) is 19.6. The Morgan fingerprint density at radius 3 is 2.54 bits per heavy atom. The molecule has 0 fully saturated rings. The van der Waals surface area contributed by atoms with Crippen molar-refractivity contribution in [2.75, 3.05) is 11.9 Å². The molecule has 0 heterocycles. The molecule has 0 bridgehead atoms. The summed E-state index contributed by atoms with van der Waals surface area (Å²) in [5.74, 6) is -0.243. The normalized spacial score (nSPS) is 13.3. The van der Waals surface area contributed by atoms with E-state index in [0.717, 1.165) is 5.56 Å². The molecule has 0 radical (unpaired) electrons. The molecule has 1 aromatic rings. The van der Waals surface area contributed by atoms with Gasteiger partial charge in [0.1, 0.15) is 12.6 Å². The molecule has 26 heavy (non-hydrogen) atoms. The van der Waals surface area contributed by atoms with Crippen molar-refractivity contribution in [3.05, 3.63) is 41.7 Å². The lowest BCUT2D eigenvalue weighted by Gasteiger charge is -2.22. The third-order valence-electron chi connectivity index (χ3n) is 3.73. The summed E-state index contributed by atoms with van der Waals surface area (Å²) in [7, 11) is 0. The molecule has 0 saturated heterocycles. The molecule has 0 aliphatic rings. The molecular weight excluding hydrogens is 338 g/mol. The van der Waals surface area contributed by atoms with Gasteiger partial charge in [0.2, 0.25) is 5.91 Å². The SMILES string of the molecule is CC(C)(N)/C(N)=C/N[C@@H](CCCNO)C(=O)Nc1ccc(COO)cc1. The van der Waals surface area contributed by atoms with Gasteiger partial charge in [-0.15, -0.1) is 0 Å². The van der Waals surface area contributed by atoms with Gasteiger partial charge in [-0.1, -0.05) is 12.1 Å². The Morgan fingerprint density at radius 2 is 2.00 bits per heavy atom. The van der Waals surface area contributed by atoms with Gasteiger partial charge >= 0.3 is 0 Å². The molecule has 0 unspecified atom stereocenters. The minimum absolute atomic E-state index is 0.0749. The molecule has 1 aromatic carbocycles. The number of nitrogens with two attached hydrogens (primary N) is 2. The lowest BCUT2D eigenvalue weighted by atomic mass is 10.0. The summed E-state index contributed by atoms with van der Waals surface area (Å²) >= 11 is 0. The summed E-state index contributed by atoms with van der Waals surface area (Å²) in [6, 6.07) is 6.35. The van der Waals surface area contributed by atoms with Gasteiger partial charge in [0.25, 0.3) is 0 Å². The predicted molar refractivity (Wildman–Crippen MR) is 99.0 cm³/mol. The van der Waals surface area contributed by atoms with Crippen molar-refractivity contribution in [2.45, 2.75) is 44.9 Å². The van der Waals surface area contributed by atoms with Crippen LogP contribution in [0, 0.1) is 0 Å². The fraction of sp³-hybridized carbons (Fsp3) is 0.471. The quantitative estimate of drug-likeness (QED) is 0.173. The third-order valence-corrected chi connectivity index (χ3v) is 3.73. The molecule has 0 aromatic heterocycles. The molecule has 0 saturated carbocycles. The van der Waals surface area contributed by atoms with E-state index in [9.17, 15) is 4.79 Å². The van der Waals surface area contributed by atoms with E-state index < -0.39 is 11.6 Å². The second-order valence-corrected chi connectivity index (χ2v) is 6.55. The van der Waals surface area contributed by atoms with E-state index in [1.165, 1.54) is 6.20 Å². The summed E-state index contributed by atoms with van der Waals surface area (Å²) in [6.45, 7) is 3.97. The number of rotatable bonds is 11. The van der Waals surface area contributed by atoms with Crippen LogP contribution in [0.2, 0.25) is 0 Å². The number of carbonyl (C=O) groups excluding carboxylic acids is 1. The van der Waals surface area contributed by atoms with E-state index in [1.54, 1.807) is 38.1 Å². The number of benzene rings is 1. The van der Waals surface area contributed by atoms with Crippen LogP contribution in [0.1, 0.15) is 32.3 Å². The van der Waals surface area contributed by atoms with Gasteiger partial charge in [0.05, 0.1) is 5.54 Å². The summed E-state index contributed by atoms with van der Waals surface area (Å²) < 4.78 is 0. The number of carbonyl (C=O) groups is 1. The average molecular weight is 367 g/mol. The van der Waals surface area contributed by atoms with Gasteiger partial charge in [-0.25, -0.2) is 10.4 Å². The Balaban J connectivity index is 2.76. The Labute approximate surface area is 153 Å². The highest BCUT2D eigenvalue weighted by Gasteiger charge is 2.19. The highest BCUT2D eigenvalue weighted by Crippen LogP contribution is 2.12. The molecular formula is C17H29N5O4. The molecule has 9 nitrogen and oxygen atoms in total. The zero-order valence-corrected chi connectivity index (χ0v) is 15.2. The van der Waals surface area contributed by atoms with E-state index >= 15 is 0 Å². The fourth-order valence-corrected chi connectivity index (χ4v) is 2.04. The van der Waals surface area contributed by atoms with Crippen molar-refractivity contribution in [2.24, 2.45) is 11.5 Å². The maximum Gasteiger partial charge on any atom is 0.246 e. The smallest absolute Gasteiger partial charge is 0.246 e. The zero-order valence-electron chi connectivity index (χ0n) is 15.2. The standard InChI is InChI=1S/C17H29N5O4/c1-17(2,19)15(18)10-20-14(4-3-9-21-24)16(23)22-13-7-5-12(6-8-13)11-26-25/h5-8,10,14,20-21,24-25H,3-4,9,11,18-19H2,1-2H3,(H,22,23)/b15-10-/t14-/m0/s1. The van der Waals surface area contributed by atoms with Crippen molar-refractivity contribution in [1.29, 1.82) is 0 Å². The average Bonchev–Trinajstić information content (AvgIpc) is 2.58. The van der Waals surface area contributed by atoms with Crippen molar-refractivity contribution >= 4 is 11.6 Å². The lowest BCUT2D eigenvalue weighted by molar-refractivity contribution is -0.253. The van der Waals surface area contributed by atoms with Crippen LogP contribution in [0.25, 0.3) is 0 Å². The number of hydroxylamine groups is 1. The van der Waals surface area contributed by atoms with Gasteiger partial charge in [-0.2, -0.15) is 0 Å². The highest BCUT2D eigenvalue weighted by molar-refractivity contribution is 5.94. The van der Waals surface area contributed by atoms with Crippen LogP contribution in [-0.4, -0.2) is 34.5 Å². The van der Waals surface area contributed by atoms with E-state index in [4.69, 9.17) is 21.9 Å². The number of hydrogen-bond donors (Lipinski definition) is 7. The predicted octanol–water partition coefficient (Wildman–Crippen LogP) is 0.869. The monoisotopic (exact) mass is 367 g/mol. The molecule has 9 N–H and O–H groups in total. The first-order valence-electron chi connectivity index (χ1n) is 8.32. The summed E-state index contributed by atoms with van der Waals surface area (Å²) in [4.78, 5) is 16.6. The minimum Gasteiger partial charge on any atom is -0.399 e. The molecule has 1 rings (SSSR count). The van der Waals surface area contributed by atoms with Gasteiger partial charge in [0, 0.05) is 24.1 Å². The summed E-state index contributed by atoms with van der Waals surface area (Å²) in [5.41, 5.74) is 15.0. The van der Waals surface area contributed by atoms with Crippen LogP contribution < -0.4 is 27.6 Å². The Bertz CT molecular complexity index is 584. The second kappa shape index (κ2) is 10.7. The number of anilines is 1. The maximum absolute atomic E-state index is 12.6. The van der Waals surface area contributed by atoms with E-state index in [2.05, 4.69) is 21.0 Å². The minimum atomic E-state index is -0.703. The highest BCUT2D eigenvalue weighted by atomic mass is 17.1. The Morgan fingerprint density at radius 1 is 1.35 bits per heavy atom. The molecule has 1 amide bonds. The third kappa shape index (κ3) is 7.81. The van der Waals surface area contributed by atoms with Crippen LogP contribution in [-0.2, 0) is 16.3 Å². The number of amides is 1. The van der Waals surface area contributed by atoms with Crippen molar-refractivity contribution in [3.8, 4) is 0 Å². The van der Waals surface area contributed by atoms with Gasteiger partial charge < -0.3 is 27.3 Å². The second-order valence-electron chi connectivity index (χ2n) is 6.55. The van der Waals surface area contributed by atoms with Gasteiger partial charge in [0.15, 0.2) is 0 Å². The molecule has 0 aliphatic carbocycles. The molecule has 1 atom stereocenters. The van der Waals surface area contributed by atoms with Crippen LogP contribution in [0.3, 0.4) is 0 Å². The topological polar surface area (TPSA) is 155 Å². The van der Waals surface area contributed by atoms with E-state index in [-0.39, 0.29) is 12.5 Å². The largest absolute Gasteiger partial charge is 0.399 e. The van der Waals surface area contributed by atoms with E-state index in [1.807, 2.05) is 0 Å². The lowest BCUT2D eigenvalue weighted by Crippen LogP contribution is -2.42. The Kier molecular flexibility index (Phi) is 9.03. The van der Waals surface area contributed by atoms with Gasteiger partial charge in [-0.3, -0.25) is 10.1 Å². The fourth-order valence-electron chi connectivity index (χ4n) is 2.04. The van der Waals surface area contributed by atoms with Crippen molar-refractivity contribution in [3.63, 3.8) is 0 Å². The van der Waals surface area contributed by atoms with Crippen LogP contribution in [0.15, 0.2) is 36.2 Å². The van der Waals surface area contributed by atoms with Crippen LogP contribution in [0.4, 0.5) is 5.69 Å². The maximum atomic E-state index is 12.6. The van der Waals surface area contributed by atoms with Crippen LogP contribution >= 0.6 is 0 Å². The summed E-state index contributed by atoms with van der Waals surface area (Å²) in [5, 5.41) is 23.0. The first-order chi connectivity index (χ1) is 12.3. The first kappa shape index (κ1) is 21.9. The van der Waals surface area contributed by atoms with Crippen LogP contribution in [0.5, 0.6) is 0 Å². The van der Waals surface area contributed by atoms with E-state index in [0.29, 0.717) is 30.8 Å². The summed E-state index contributed by atoms with van der Waals surface area (Å²) in [6.07, 6.45) is 2.59. The number of hydrogen-bond acceptors (Lipinski definition) is 8. The molecule has 9 heteroatoms. The molecule has 146 valence electrons. The molecule has 0 spiro atoms. The Hall–Kier alpha value is -2.17. The van der Waals surface area contributed by atoms with Crippen molar-refractivity contribution in [1.82, 2.24) is 10.8 Å². The van der Waals surface area contributed by atoms with Gasteiger partial charge in [-0.05, 0) is 44.4 Å². The number of nitrogens with one attached hydrogen (secondary N) is 3.